The number of carbonyl (C=O) groups is 1. The van der Waals surface area contributed by atoms with Gasteiger partial charge in [-0.15, -0.1) is 0 Å². The molecule has 1 amide bonds. The van der Waals surface area contributed by atoms with E-state index in [1.807, 2.05) is 0 Å². The van der Waals surface area contributed by atoms with Crippen LogP contribution in [-0.2, 0) is 9.53 Å². The molecule has 1 atom stereocenters. The molecule has 114 valence electrons. The molecule has 0 radical (unpaired) electrons. The Labute approximate surface area is 126 Å². The molecule has 0 saturated carbocycles. The lowest BCUT2D eigenvalue weighted by atomic mass is 10.2. The maximum atomic E-state index is 12.0. The minimum Gasteiger partial charge on any atom is -0.383 e. The number of nitrogens with zero attached hydrogens (tertiary/aromatic N) is 2. The molecule has 21 heavy (non-hydrogen) atoms. The number of likely N-dealkylation sites (N-methyl/N-ethyl adjacent to an activating group) is 1. The van der Waals surface area contributed by atoms with Gasteiger partial charge < -0.3 is 10.1 Å². The molecule has 0 saturated heterocycles. The normalized spacial score (nSPS) is 12.0. The molecule has 1 aromatic rings. The van der Waals surface area contributed by atoms with Gasteiger partial charge in [-0.25, -0.2) is 0 Å². The van der Waals surface area contributed by atoms with Crippen molar-refractivity contribution in [2.45, 2.75) is 26.3 Å². The summed E-state index contributed by atoms with van der Waals surface area (Å²) in [6.45, 7) is 6.37. The van der Waals surface area contributed by atoms with E-state index in [1.165, 1.54) is 0 Å². The summed E-state index contributed by atoms with van der Waals surface area (Å²) in [6.07, 6.45) is 0.415. The minimum atomic E-state index is -0.0480. The molecule has 0 aliphatic rings. The topological polar surface area (TPSA) is 65.4 Å². The first-order valence-electron chi connectivity index (χ1n) is 7.13. The van der Waals surface area contributed by atoms with Crippen LogP contribution in [0, 0.1) is 11.3 Å². The molecule has 1 N–H and O–H groups in total. The van der Waals surface area contributed by atoms with E-state index in [9.17, 15) is 4.79 Å². The molecule has 0 aliphatic heterocycles. The van der Waals surface area contributed by atoms with E-state index in [0.29, 0.717) is 30.8 Å². The summed E-state index contributed by atoms with van der Waals surface area (Å²) in [4.78, 5) is 14.2. The number of hydrogen-bond donors (Lipinski definition) is 1. The molecule has 0 bridgehead atoms. The van der Waals surface area contributed by atoms with Gasteiger partial charge in [0, 0.05) is 31.8 Å². The van der Waals surface area contributed by atoms with E-state index < -0.39 is 0 Å². The van der Waals surface area contributed by atoms with Gasteiger partial charge >= 0.3 is 0 Å². The van der Waals surface area contributed by atoms with Crippen LogP contribution in [0.2, 0.25) is 0 Å². The van der Waals surface area contributed by atoms with Crippen molar-refractivity contribution in [3.8, 4) is 6.07 Å². The fraction of sp³-hybridized carbons (Fsp3) is 0.500. The Kier molecular flexibility index (Phi) is 7.44. The largest absolute Gasteiger partial charge is 0.383 e. The number of amides is 1. The molecule has 1 aromatic carbocycles. The van der Waals surface area contributed by atoms with Crippen molar-refractivity contribution in [1.82, 2.24) is 4.90 Å². The lowest BCUT2D eigenvalue weighted by Crippen LogP contribution is -2.38. The fourth-order valence-electron chi connectivity index (χ4n) is 2.17. The van der Waals surface area contributed by atoms with Crippen molar-refractivity contribution in [2.24, 2.45) is 0 Å². The number of methoxy groups -OCH3 is 1. The highest BCUT2D eigenvalue weighted by Gasteiger charge is 2.13. The van der Waals surface area contributed by atoms with E-state index >= 15 is 0 Å². The molecule has 0 aliphatic carbocycles. The molecule has 0 heterocycles. The Balaban J connectivity index is 2.47. The summed E-state index contributed by atoms with van der Waals surface area (Å²) in [6, 6.07) is 9.26. The SMILES string of the molecule is CCN(CCC(=O)Nc1cccc(C#N)c1)C(C)COC. The van der Waals surface area contributed by atoms with Crippen LogP contribution in [0.3, 0.4) is 0 Å². The predicted octanol–water partition coefficient (Wildman–Crippen LogP) is 2.24. The van der Waals surface area contributed by atoms with Crippen molar-refractivity contribution in [2.75, 3.05) is 32.1 Å². The zero-order chi connectivity index (χ0) is 15.7. The third-order valence-corrected chi connectivity index (χ3v) is 3.34. The molecule has 1 unspecified atom stereocenters. The second-order valence-electron chi connectivity index (χ2n) is 4.92. The van der Waals surface area contributed by atoms with Gasteiger partial charge in [0.2, 0.25) is 5.91 Å². The van der Waals surface area contributed by atoms with Crippen molar-refractivity contribution in [3.05, 3.63) is 29.8 Å². The molecule has 0 fully saturated rings. The lowest BCUT2D eigenvalue weighted by molar-refractivity contribution is -0.116. The van der Waals surface area contributed by atoms with Crippen LogP contribution in [0.5, 0.6) is 0 Å². The molecule has 0 aromatic heterocycles. The number of nitrogens with one attached hydrogen (secondary N) is 1. The molecule has 5 nitrogen and oxygen atoms in total. The predicted molar refractivity (Wildman–Crippen MR) is 83.0 cm³/mol. The summed E-state index contributed by atoms with van der Waals surface area (Å²) in [5, 5.41) is 11.7. The van der Waals surface area contributed by atoms with Gasteiger partial charge in [-0.3, -0.25) is 9.69 Å². The van der Waals surface area contributed by atoms with Crippen LogP contribution in [0.15, 0.2) is 24.3 Å². The van der Waals surface area contributed by atoms with Crippen LogP contribution in [0.1, 0.15) is 25.8 Å². The molecular weight excluding hydrogens is 266 g/mol. The second kappa shape index (κ2) is 9.11. The van der Waals surface area contributed by atoms with Gasteiger partial charge in [-0.1, -0.05) is 13.0 Å². The maximum absolute atomic E-state index is 12.0. The quantitative estimate of drug-likeness (QED) is 0.797. The average molecular weight is 289 g/mol. The van der Waals surface area contributed by atoms with E-state index in [-0.39, 0.29) is 11.9 Å². The molecule has 1 rings (SSSR count). The number of ether oxygens (including phenoxy) is 1. The van der Waals surface area contributed by atoms with Gasteiger partial charge in [0.15, 0.2) is 0 Å². The van der Waals surface area contributed by atoms with Crippen LogP contribution in [0.4, 0.5) is 5.69 Å². The van der Waals surface area contributed by atoms with E-state index in [0.717, 1.165) is 6.54 Å². The lowest BCUT2D eigenvalue weighted by Gasteiger charge is -2.26. The van der Waals surface area contributed by atoms with Gasteiger partial charge in [-0.2, -0.15) is 5.26 Å². The Hall–Kier alpha value is -1.90. The Bertz CT molecular complexity index is 497. The van der Waals surface area contributed by atoms with E-state index in [4.69, 9.17) is 10.00 Å². The van der Waals surface area contributed by atoms with Gasteiger partial charge in [0.25, 0.3) is 0 Å². The summed E-state index contributed by atoms with van der Waals surface area (Å²) >= 11 is 0. The van der Waals surface area contributed by atoms with E-state index in [2.05, 4.69) is 30.1 Å². The minimum absolute atomic E-state index is 0.0480. The van der Waals surface area contributed by atoms with Crippen molar-refractivity contribution >= 4 is 11.6 Å². The first-order chi connectivity index (χ1) is 10.1. The van der Waals surface area contributed by atoms with Crippen molar-refractivity contribution in [3.63, 3.8) is 0 Å². The highest BCUT2D eigenvalue weighted by atomic mass is 16.5. The van der Waals surface area contributed by atoms with Gasteiger partial charge in [-0.05, 0) is 31.7 Å². The van der Waals surface area contributed by atoms with Crippen LogP contribution < -0.4 is 5.32 Å². The smallest absolute Gasteiger partial charge is 0.225 e. The number of hydrogen-bond acceptors (Lipinski definition) is 4. The summed E-state index contributed by atoms with van der Waals surface area (Å²) < 4.78 is 5.14. The molecule has 0 spiro atoms. The summed E-state index contributed by atoms with van der Waals surface area (Å²) in [5.74, 6) is -0.0480. The number of nitriles is 1. The first kappa shape index (κ1) is 17.2. The van der Waals surface area contributed by atoms with E-state index in [1.54, 1.807) is 31.4 Å². The Morgan fingerprint density at radius 3 is 2.90 bits per heavy atom. The molecular formula is C16H23N3O2. The van der Waals surface area contributed by atoms with Gasteiger partial charge in [0.1, 0.15) is 0 Å². The number of benzene rings is 1. The third kappa shape index (κ3) is 5.94. The standard InChI is InChI=1S/C16H23N3O2/c1-4-19(13(2)12-21-3)9-8-16(20)18-15-7-5-6-14(10-15)11-17/h5-7,10,13H,4,8-9,12H2,1-3H3,(H,18,20). The fourth-order valence-corrected chi connectivity index (χ4v) is 2.17. The maximum Gasteiger partial charge on any atom is 0.225 e. The Morgan fingerprint density at radius 2 is 2.29 bits per heavy atom. The second-order valence-corrected chi connectivity index (χ2v) is 4.92. The number of carbonyl (C=O) groups excluding carboxylic acids is 1. The van der Waals surface area contributed by atoms with Crippen LogP contribution in [-0.4, -0.2) is 43.7 Å². The Morgan fingerprint density at radius 1 is 1.52 bits per heavy atom. The van der Waals surface area contributed by atoms with Crippen LogP contribution >= 0.6 is 0 Å². The monoisotopic (exact) mass is 289 g/mol. The number of rotatable bonds is 8. The summed E-state index contributed by atoms with van der Waals surface area (Å²) in [5.41, 5.74) is 1.20. The van der Waals surface area contributed by atoms with Crippen molar-refractivity contribution < 1.29 is 9.53 Å². The average Bonchev–Trinajstić information content (AvgIpc) is 2.48. The highest BCUT2D eigenvalue weighted by molar-refractivity contribution is 5.90. The third-order valence-electron chi connectivity index (χ3n) is 3.34. The highest BCUT2D eigenvalue weighted by Crippen LogP contribution is 2.10. The van der Waals surface area contributed by atoms with Crippen molar-refractivity contribution in [1.29, 1.82) is 5.26 Å². The summed E-state index contributed by atoms with van der Waals surface area (Å²) in [7, 11) is 1.68. The zero-order valence-electron chi connectivity index (χ0n) is 12.9. The van der Waals surface area contributed by atoms with Gasteiger partial charge in [0.05, 0.1) is 18.2 Å². The van der Waals surface area contributed by atoms with Crippen LogP contribution in [0.25, 0.3) is 0 Å². The molecule has 5 heteroatoms. The zero-order valence-corrected chi connectivity index (χ0v) is 12.9. The first-order valence-corrected chi connectivity index (χ1v) is 7.13. The number of anilines is 1.